The van der Waals surface area contributed by atoms with E-state index in [0.29, 0.717) is 0 Å². The van der Waals surface area contributed by atoms with Crippen LogP contribution in [0.15, 0.2) is 146 Å². The third-order valence-corrected chi connectivity index (χ3v) is 12.9. The van der Waals surface area contributed by atoms with E-state index in [9.17, 15) is 0 Å². The van der Waals surface area contributed by atoms with Crippen molar-refractivity contribution in [3.8, 4) is 34.5 Å². The summed E-state index contributed by atoms with van der Waals surface area (Å²) in [6, 6.07) is 49.8. The van der Waals surface area contributed by atoms with Crippen molar-refractivity contribution < 1.29 is 70.0 Å². The fourth-order valence-electron chi connectivity index (χ4n) is 5.28. The molecule has 6 aromatic carbocycles. The molecule has 0 saturated carbocycles. The topological polar surface area (TPSA) is 55.4 Å². The van der Waals surface area contributed by atoms with E-state index in [0.717, 1.165) is 34.5 Å². The smallest absolute Gasteiger partial charge is 1.00 e. The predicted molar refractivity (Wildman–Crippen MR) is 210 cm³/mol. The number of benzene rings is 6. The third kappa shape index (κ3) is 12.0. The van der Waals surface area contributed by atoms with E-state index in [-0.39, 0.29) is 41.6 Å². The van der Waals surface area contributed by atoms with E-state index >= 15 is 0 Å². The van der Waals surface area contributed by atoms with Crippen molar-refractivity contribution in [1.29, 1.82) is 0 Å². The van der Waals surface area contributed by atoms with Crippen LogP contribution < -0.4 is 85.1 Å². The minimum absolute atomic E-state index is 0. The van der Waals surface area contributed by atoms with Crippen molar-refractivity contribution in [3.63, 3.8) is 0 Å². The molecular formula is C42H42Cl2CoO6P2. The number of halogens is 2. The Kier molecular flexibility index (Phi) is 19.6. The maximum absolute atomic E-state index is 5.30. The predicted octanol–water partition coefficient (Wildman–Crippen LogP) is 0.947. The Labute approximate surface area is 338 Å². The minimum atomic E-state index is -0.665. The van der Waals surface area contributed by atoms with Crippen molar-refractivity contribution in [3.05, 3.63) is 146 Å². The summed E-state index contributed by atoms with van der Waals surface area (Å²) in [7, 11) is 8.78. The summed E-state index contributed by atoms with van der Waals surface area (Å²) in [6.07, 6.45) is 0. The standard InChI is InChI=1S/2C21H21O3P.2ClH.Co/c2*1-22-16-4-10-19(11-5-16)25(20-12-6-17(23-2)7-13-20)21-14-8-18(24-3)9-15-21;;;/h2*4-15H,1-3H3;2*1H;/q;;;;+2/p-2. The van der Waals surface area contributed by atoms with Gasteiger partial charge in [0.1, 0.15) is 34.5 Å². The molecule has 0 spiro atoms. The van der Waals surface area contributed by atoms with Gasteiger partial charge < -0.3 is 53.2 Å². The van der Waals surface area contributed by atoms with Crippen molar-refractivity contribution in [1.82, 2.24) is 0 Å². The molecule has 279 valence electrons. The van der Waals surface area contributed by atoms with Gasteiger partial charge in [-0.25, -0.2) is 0 Å². The molecule has 0 aromatic heterocycles. The molecule has 0 bridgehead atoms. The number of hydrogen-bond donors (Lipinski definition) is 0. The molecule has 0 N–H and O–H groups in total. The van der Waals surface area contributed by atoms with Crippen LogP contribution in [0.3, 0.4) is 0 Å². The van der Waals surface area contributed by atoms with Crippen LogP contribution in [0.1, 0.15) is 0 Å². The molecule has 0 atom stereocenters. The van der Waals surface area contributed by atoms with Crippen LogP contribution in [-0.2, 0) is 16.8 Å². The van der Waals surface area contributed by atoms with Crippen molar-refractivity contribution in [2.24, 2.45) is 0 Å². The van der Waals surface area contributed by atoms with E-state index in [1.54, 1.807) is 42.7 Å². The molecule has 0 unspecified atom stereocenters. The Morgan fingerprint density at radius 2 is 0.358 bits per heavy atom. The molecule has 53 heavy (non-hydrogen) atoms. The minimum Gasteiger partial charge on any atom is -1.00 e. The Bertz CT molecular complexity index is 1530. The maximum Gasteiger partial charge on any atom is 2.00 e. The molecule has 11 heteroatoms. The first-order chi connectivity index (χ1) is 24.5. The van der Waals surface area contributed by atoms with Crippen LogP contribution in [0.5, 0.6) is 34.5 Å². The Hall–Kier alpha value is -3.93. The summed E-state index contributed by atoms with van der Waals surface area (Å²) in [6.45, 7) is 0. The van der Waals surface area contributed by atoms with Crippen LogP contribution in [0.25, 0.3) is 0 Å². The van der Waals surface area contributed by atoms with Gasteiger partial charge in [0.25, 0.3) is 0 Å². The second-order valence-electron chi connectivity index (χ2n) is 10.9. The molecular weight excluding hydrogens is 792 g/mol. The zero-order valence-corrected chi connectivity index (χ0v) is 34.6. The molecule has 0 aliphatic rings. The number of rotatable bonds is 12. The molecule has 6 nitrogen and oxygen atoms in total. The molecule has 0 amide bonds. The van der Waals surface area contributed by atoms with E-state index in [2.05, 4.69) is 72.8 Å². The monoisotopic (exact) mass is 833 g/mol. The molecule has 6 rings (SSSR count). The Morgan fingerprint density at radius 3 is 0.453 bits per heavy atom. The molecule has 6 aromatic rings. The van der Waals surface area contributed by atoms with E-state index in [4.69, 9.17) is 28.4 Å². The number of ether oxygens (including phenoxy) is 6. The first-order valence-electron chi connectivity index (χ1n) is 15.9. The summed E-state index contributed by atoms with van der Waals surface area (Å²) < 4.78 is 31.8. The molecule has 0 fully saturated rings. The summed E-state index contributed by atoms with van der Waals surface area (Å²) in [5.74, 6) is 5.18. The third-order valence-electron chi connectivity index (χ3n) is 7.98. The second kappa shape index (κ2) is 23.0. The van der Waals surface area contributed by atoms with Gasteiger partial charge in [-0.2, -0.15) is 0 Å². The van der Waals surface area contributed by atoms with Crippen LogP contribution >= 0.6 is 15.8 Å². The molecule has 0 saturated heterocycles. The molecule has 1 radical (unpaired) electrons. The Balaban J connectivity index is 0.000000347. The normalized spacial score (nSPS) is 9.96. The van der Waals surface area contributed by atoms with Crippen molar-refractivity contribution >= 4 is 47.7 Å². The van der Waals surface area contributed by atoms with Crippen LogP contribution in [0, 0.1) is 0 Å². The van der Waals surface area contributed by atoms with E-state index in [1.807, 2.05) is 72.8 Å². The van der Waals surface area contributed by atoms with Gasteiger partial charge in [-0.1, -0.05) is 72.8 Å². The number of methoxy groups -OCH3 is 6. The Morgan fingerprint density at radius 1 is 0.245 bits per heavy atom. The van der Waals surface area contributed by atoms with Crippen LogP contribution in [-0.4, -0.2) is 42.7 Å². The first kappa shape index (κ1) is 45.2. The van der Waals surface area contributed by atoms with Crippen molar-refractivity contribution in [2.45, 2.75) is 0 Å². The molecule has 0 heterocycles. The van der Waals surface area contributed by atoms with E-state index < -0.39 is 15.8 Å². The van der Waals surface area contributed by atoms with Crippen LogP contribution in [0.2, 0.25) is 0 Å². The second-order valence-corrected chi connectivity index (χ2v) is 15.3. The average Bonchev–Trinajstić information content (AvgIpc) is 3.20. The van der Waals surface area contributed by atoms with Gasteiger partial charge in [0.15, 0.2) is 0 Å². The zero-order valence-electron chi connectivity index (χ0n) is 30.3. The number of hydrogen-bond acceptors (Lipinski definition) is 6. The maximum atomic E-state index is 5.30. The summed E-state index contributed by atoms with van der Waals surface area (Å²) >= 11 is 0. The van der Waals surface area contributed by atoms with Gasteiger partial charge in [0, 0.05) is 0 Å². The van der Waals surface area contributed by atoms with Gasteiger partial charge >= 0.3 is 16.8 Å². The summed E-state index contributed by atoms with van der Waals surface area (Å²) in [5, 5.41) is 7.62. The summed E-state index contributed by atoms with van der Waals surface area (Å²) in [4.78, 5) is 0. The molecule has 0 aliphatic heterocycles. The van der Waals surface area contributed by atoms with Gasteiger partial charge in [0.05, 0.1) is 42.7 Å². The fourth-order valence-corrected chi connectivity index (χ4v) is 9.75. The van der Waals surface area contributed by atoms with Gasteiger partial charge in [-0.3, -0.25) is 0 Å². The van der Waals surface area contributed by atoms with Gasteiger partial charge in [-0.15, -0.1) is 0 Å². The average molecular weight is 835 g/mol. The molecule has 0 aliphatic carbocycles. The van der Waals surface area contributed by atoms with Crippen LogP contribution in [0.4, 0.5) is 0 Å². The zero-order chi connectivity index (χ0) is 35.3. The van der Waals surface area contributed by atoms with Crippen molar-refractivity contribution in [2.75, 3.05) is 42.7 Å². The summed E-state index contributed by atoms with van der Waals surface area (Å²) in [5.41, 5.74) is 0. The quantitative estimate of drug-likeness (QED) is 0.172. The van der Waals surface area contributed by atoms with Gasteiger partial charge in [0.2, 0.25) is 0 Å². The van der Waals surface area contributed by atoms with Gasteiger partial charge in [-0.05, 0) is 120 Å². The van der Waals surface area contributed by atoms with E-state index in [1.165, 1.54) is 31.8 Å². The fraction of sp³-hybridized carbons (Fsp3) is 0.143. The largest absolute Gasteiger partial charge is 2.00 e. The SMILES string of the molecule is COc1ccc(P(c2ccc(OC)cc2)c2ccc(OC)cc2)cc1.COc1ccc(P(c2ccc(OC)cc2)c2ccc(OC)cc2)cc1.[Cl-].[Cl-].[Co+2]. The first-order valence-corrected chi connectivity index (χ1v) is 18.6.